The third-order valence-electron chi connectivity index (χ3n) is 6.70. The molecule has 36 heavy (non-hydrogen) atoms. The molecule has 0 spiro atoms. The van der Waals surface area contributed by atoms with Crippen LogP contribution in [0.4, 0.5) is 0 Å². The van der Waals surface area contributed by atoms with Gasteiger partial charge in [0.2, 0.25) is 0 Å². The van der Waals surface area contributed by atoms with E-state index in [9.17, 15) is 0 Å². The van der Waals surface area contributed by atoms with Gasteiger partial charge < -0.3 is 9.47 Å². The standard InChI is InChI=1S/C31H32N2O2S/c32-17-3-6-21-34-27-15-11-25(12-16-27)31-29(28-7-1-2-8-30(28)36-31)23-24-9-13-26(14-10-24)35-22-20-33-18-4-5-19-33/h1-2,7-16H,3-6,18-23H2. The maximum absolute atomic E-state index is 8.69. The molecule has 1 saturated heterocycles. The van der Waals surface area contributed by atoms with Crippen LogP contribution in [-0.2, 0) is 6.42 Å². The molecule has 184 valence electrons. The molecule has 0 atom stereocenters. The second-order valence-corrected chi connectivity index (χ2v) is 10.3. The van der Waals surface area contributed by atoms with Crippen LogP contribution in [0.1, 0.15) is 36.8 Å². The Labute approximate surface area is 217 Å². The molecular weight excluding hydrogens is 464 g/mol. The van der Waals surface area contributed by atoms with Gasteiger partial charge >= 0.3 is 0 Å². The Hall–Kier alpha value is -3.33. The zero-order valence-electron chi connectivity index (χ0n) is 20.6. The first kappa shape index (κ1) is 24.4. The zero-order valence-corrected chi connectivity index (χ0v) is 21.4. The number of hydrogen-bond donors (Lipinski definition) is 0. The normalized spacial score (nSPS) is 13.6. The summed E-state index contributed by atoms with van der Waals surface area (Å²) >= 11 is 1.85. The van der Waals surface area contributed by atoms with E-state index in [1.54, 1.807) is 0 Å². The predicted molar refractivity (Wildman–Crippen MR) is 148 cm³/mol. The van der Waals surface area contributed by atoms with Crippen molar-refractivity contribution in [2.75, 3.05) is 32.8 Å². The molecule has 5 heteroatoms. The van der Waals surface area contributed by atoms with Crippen LogP contribution in [0.5, 0.6) is 11.5 Å². The van der Waals surface area contributed by atoms with Gasteiger partial charge in [0.15, 0.2) is 0 Å². The molecule has 2 heterocycles. The van der Waals surface area contributed by atoms with Crippen molar-refractivity contribution < 1.29 is 9.47 Å². The van der Waals surface area contributed by atoms with Crippen molar-refractivity contribution in [3.8, 4) is 28.0 Å². The van der Waals surface area contributed by atoms with Crippen molar-refractivity contribution in [3.05, 3.63) is 83.9 Å². The number of ether oxygens (including phenoxy) is 2. The molecule has 0 bridgehead atoms. The topological polar surface area (TPSA) is 45.5 Å². The highest BCUT2D eigenvalue weighted by Crippen LogP contribution is 2.40. The average Bonchev–Trinajstić information content (AvgIpc) is 3.56. The fraction of sp³-hybridized carbons (Fsp3) is 0.323. The van der Waals surface area contributed by atoms with Crippen LogP contribution in [0.15, 0.2) is 72.8 Å². The molecule has 0 radical (unpaired) electrons. The summed E-state index contributed by atoms with van der Waals surface area (Å²) < 4.78 is 13.1. The van der Waals surface area contributed by atoms with Gasteiger partial charge in [0, 0.05) is 22.5 Å². The lowest BCUT2D eigenvalue weighted by Gasteiger charge is -2.15. The number of unbranched alkanes of at least 4 members (excludes halogenated alkanes) is 1. The van der Waals surface area contributed by atoms with E-state index < -0.39 is 0 Å². The molecule has 4 nitrogen and oxygen atoms in total. The van der Waals surface area contributed by atoms with Crippen molar-refractivity contribution in [3.63, 3.8) is 0 Å². The van der Waals surface area contributed by atoms with Crippen molar-refractivity contribution >= 4 is 21.4 Å². The minimum Gasteiger partial charge on any atom is -0.494 e. The largest absolute Gasteiger partial charge is 0.494 e. The third kappa shape index (κ3) is 6.07. The summed E-state index contributed by atoms with van der Waals surface area (Å²) in [7, 11) is 0. The van der Waals surface area contributed by atoms with Gasteiger partial charge in [-0.1, -0.05) is 30.3 Å². The van der Waals surface area contributed by atoms with Crippen LogP contribution in [0.3, 0.4) is 0 Å². The third-order valence-corrected chi connectivity index (χ3v) is 7.96. The lowest BCUT2D eigenvalue weighted by molar-refractivity contribution is 0.238. The highest BCUT2D eigenvalue weighted by Gasteiger charge is 2.15. The van der Waals surface area contributed by atoms with Crippen molar-refractivity contribution in [1.29, 1.82) is 5.26 Å². The molecule has 1 aromatic heterocycles. The Morgan fingerprint density at radius 1 is 0.833 bits per heavy atom. The fourth-order valence-electron chi connectivity index (χ4n) is 4.76. The second kappa shape index (κ2) is 12.1. The maximum atomic E-state index is 8.69. The van der Waals surface area contributed by atoms with Crippen molar-refractivity contribution in [2.45, 2.75) is 32.1 Å². The predicted octanol–water partition coefficient (Wildman–Crippen LogP) is 7.32. The Morgan fingerprint density at radius 2 is 1.53 bits per heavy atom. The van der Waals surface area contributed by atoms with Gasteiger partial charge in [-0.25, -0.2) is 0 Å². The molecular formula is C31H32N2O2S. The Kier molecular flexibility index (Phi) is 8.17. The zero-order chi connectivity index (χ0) is 24.6. The number of likely N-dealkylation sites (tertiary alicyclic amines) is 1. The number of thiophene rings is 1. The smallest absolute Gasteiger partial charge is 0.119 e. The first-order valence-corrected chi connectivity index (χ1v) is 13.7. The first-order valence-electron chi connectivity index (χ1n) is 12.8. The molecule has 0 unspecified atom stereocenters. The van der Waals surface area contributed by atoms with Crippen LogP contribution in [0, 0.1) is 11.3 Å². The quantitative estimate of drug-likeness (QED) is 0.204. The van der Waals surface area contributed by atoms with E-state index in [0.29, 0.717) is 13.0 Å². The van der Waals surface area contributed by atoms with Crippen LogP contribution >= 0.6 is 11.3 Å². The molecule has 0 aliphatic carbocycles. The summed E-state index contributed by atoms with van der Waals surface area (Å²) in [5.74, 6) is 1.79. The van der Waals surface area contributed by atoms with Crippen molar-refractivity contribution in [1.82, 2.24) is 4.90 Å². The van der Waals surface area contributed by atoms with E-state index in [2.05, 4.69) is 71.6 Å². The van der Waals surface area contributed by atoms with E-state index in [4.69, 9.17) is 14.7 Å². The van der Waals surface area contributed by atoms with E-state index >= 15 is 0 Å². The number of hydrogen-bond acceptors (Lipinski definition) is 5. The molecule has 0 saturated carbocycles. The summed E-state index contributed by atoms with van der Waals surface area (Å²) in [6.07, 6.45) is 4.78. The molecule has 5 rings (SSSR count). The summed E-state index contributed by atoms with van der Waals surface area (Å²) in [5.41, 5.74) is 3.85. The van der Waals surface area contributed by atoms with E-state index in [1.165, 1.54) is 57.6 Å². The molecule has 0 N–H and O–H groups in total. The SMILES string of the molecule is N#CCCCOc1ccc(-c2sc3ccccc3c2Cc2ccc(OCCN3CCCC3)cc2)cc1. The minimum atomic E-state index is 0.523. The highest BCUT2D eigenvalue weighted by molar-refractivity contribution is 7.22. The van der Waals surface area contributed by atoms with Crippen LogP contribution < -0.4 is 9.47 Å². The molecule has 3 aromatic carbocycles. The van der Waals surface area contributed by atoms with E-state index in [-0.39, 0.29) is 0 Å². The van der Waals surface area contributed by atoms with E-state index in [0.717, 1.165) is 37.5 Å². The van der Waals surface area contributed by atoms with Gasteiger partial charge in [0.25, 0.3) is 0 Å². The number of benzene rings is 3. The van der Waals surface area contributed by atoms with Gasteiger partial charge in [0.1, 0.15) is 18.1 Å². The molecule has 1 aliphatic heterocycles. The lowest BCUT2D eigenvalue weighted by Crippen LogP contribution is -2.25. The number of nitrogens with zero attached hydrogens (tertiary/aromatic N) is 2. The first-order chi connectivity index (χ1) is 17.8. The Morgan fingerprint density at radius 3 is 2.28 bits per heavy atom. The number of fused-ring (bicyclic) bond motifs is 1. The number of rotatable bonds is 11. The summed E-state index contributed by atoms with van der Waals surface area (Å²) in [4.78, 5) is 3.78. The number of nitriles is 1. The summed E-state index contributed by atoms with van der Waals surface area (Å²) in [6.45, 7) is 4.74. The lowest BCUT2D eigenvalue weighted by atomic mass is 9.99. The van der Waals surface area contributed by atoms with Crippen molar-refractivity contribution in [2.24, 2.45) is 0 Å². The average molecular weight is 497 g/mol. The summed E-state index contributed by atoms with van der Waals surface area (Å²) in [5, 5.41) is 10.0. The molecule has 1 aliphatic rings. The second-order valence-electron chi connectivity index (χ2n) is 9.26. The maximum Gasteiger partial charge on any atom is 0.119 e. The van der Waals surface area contributed by atoms with Crippen LogP contribution in [-0.4, -0.2) is 37.7 Å². The van der Waals surface area contributed by atoms with Gasteiger partial charge in [-0.15, -0.1) is 11.3 Å². The minimum absolute atomic E-state index is 0.523. The Balaban J connectivity index is 1.29. The van der Waals surface area contributed by atoms with Gasteiger partial charge in [-0.2, -0.15) is 5.26 Å². The van der Waals surface area contributed by atoms with Crippen LogP contribution in [0.25, 0.3) is 20.5 Å². The van der Waals surface area contributed by atoms with Gasteiger partial charge in [0.05, 0.1) is 12.7 Å². The molecule has 0 amide bonds. The molecule has 1 fully saturated rings. The van der Waals surface area contributed by atoms with Gasteiger partial charge in [-0.05, 0) is 103 Å². The Bertz CT molecular complexity index is 1300. The van der Waals surface area contributed by atoms with E-state index in [1.807, 2.05) is 23.5 Å². The van der Waals surface area contributed by atoms with Crippen LogP contribution in [0.2, 0.25) is 0 Å². The highest BCUT2D eigenvalue weighted by atomic mass is 32.1. The van der Waals surface area contributed by atoms with Gasteiger partial charge in [-0.3, -0.25) is 4.90 Å². The monoisotopic (exact) mass is 496 g/mol. The fourth-order valence-corrected chi connectivity index (χ4v) is 5.98. The molecule has 4 aromatic rings. The summed E-state index contributed by atoms with van der Waals surface area (Å²) in [6, 6.07) is 27.8.